The van der Waals surface area contributed by atoms with Gasteiger partial charge in [0.2, 0.25) is 10.0 Å². The number of nitrogens with zero attached hydrogens (tertiary/aromatic N) is 1. The Labute approximate surface area is 125 Å². The zero-order valence-electron chi connectivity index (χ0n) is 11.9. The monoisotopic (exact) mass is 311 g/mol. The van der Waals surface area contributed by atoms with Crippen molar-refractivity contribution >= 4 is 15.8 Å². The Balaban J connectivity index is 1.59. The topological polar surface area (TPSA) is 80.3 Å². The Morgan fingerprint density at radius 1 is 1.29 bits per heavy atom. The molecule has 3 rings (SSSR count). The van der Waals surface area contributed by atoms with E-state index in [0.29, 0.717) is 24.9 Å². The van der Waals surface area contributed by atoms with Crippen molar-refractivity contribution in [1.82, 2.24) is 9.71 Å². The molecule has 0 bridgehead atoms. The van der Waals surface area contributed by atoms with Crippen LogP contribution >= 0.6 is 0 Å². The minimum Gasteiger partial charge on any atom is -0.379 e. The van der Waals surface area contributed by atoms with Crippen LogP contribution < -0.4 is 10.0 Å². The summed E-state index contributed by atoms with van der Waals surface area (Å²) in [4.78, 5) is 4.41. The first-order valence-electron chi connectivity index (χ1n) is 7.43. The summed E-state index contributed by atoms with van der Waals surface area (Å²) < 4.78 is 32.2. The van der Waals surface area contributed by atoms with Crippen molar-refractivity contribution in [2.45, 2.75) is 36.6 Å². The molecule has 0 amide bonds. The van der Waals surface area contributed by atoms with Crippen LogP contribution in [0.4, 0.5) is 5.82 Å². The third-order valence-corrected chi connectivity index (χ3v) is 5.23. The van der Waals surface area contributed by atoms with Gasteiger partial charge in [-0.3, -0.25) is 0 Å². The summed E-state index contributed by atoms with van der Waals surface area (Å²) in [6.07, 6.45) is 5.72. The molecule has 1 aliphatic carbocycles. The number of anilines is 1. The van der Waals surface area contributed by atoms with Gasteiger partial charge in [0.05, 0.1) is 12.6 Å². The van der Waals surface area contributed by atoms with E-state index in [-0.39, 0.29) is 10.9 Å². The standard InChI is InChI=1S/C14H21N3O3S/c18-21(19,16-8-11-3-4-11)13-5-6-14(15-9-13)17-12-2-1-7-20-10-12/h5-6,9,11-12,16H,1-4,7-8,10H2,(H,15,17). The molecule has 2 heterocycles. The van der Waals surface area contributed by atoms with Crippen LogP contribution in [0.15, 0.2) is 23.2 Å². The number of hydrogen-bond donors (Lipinski definition) is 2. The van der Waals surface area contributed by atoms with E-state index in [2.05, 4.69) is 15.0 Å². The van der Waals surface area contributed by atoms with Crippen molar-refractivity contribution < 1.29 is 13.2 Å². The first kappa shape index (κ1) is 14.7. The molecule has 1 saturated carbocycles. The van der Waals surface area contributed by atoms with Crippen LogP contribution in [0.2, 0.25) is 0 Å². The van der Waals surface area contributed by atoms with E-state index >= 15 is 0 Å². The van der Waals surface area contributed by atoms with E-state index < -0.39 is 10.0 Å². The summed E-state index contributed by atoms with van der Waals surface area (Å²) in [5.41, 5.74) is 0. The van der Waals surface area contributed by atoms with Crippen molar-refractivity contribution in [1.29, 1.82) is 0 Å². The number of rotatable bonds is 6. The van der Waals surface area contributed by atoms with Gasteiger partial charge in [0.1, 0.15) is 10.7 Å². The third kappa shape index (κ3) is 4.15. The quantitative estimate of drug-likeness (QED) is 0.829. The Bertz CT molecular complexity index is 564. The molecule has 0 radical (unpaired) electrons. The van der Waals surface area contributed by atoms with Crippen LogP contribution in [-0.2, 0) is 14.8 Å². The Hall–Kier alpha value is -1.18. The van der Waals surface area contributed by atoms with Gasteiger partial charge in [-0.05, 0) is 43.7 Å². The second-order valence-corrected chi connectivity index (χ2v) is 7.50. The van der Waals surface area contributed by atoms with Gasteiger partial charge in [0, 0.05) is 19.3 Å². The van der Waals surface area contributed by atoms with E-state index in [0.717, 1.165) is 32.3 Å². The molecule has 2 N–H and O–H groups in total. The zero-order valence-corrected chi connectivity index (χ0v) is 12.7. The maximum Gasteiger partial charge on any atom is 0.242 e. The molecule has 1 unspecified atom stereocenters. The molecule has 21 heavy (non-hydrogen) atoms. The molecule has 1 saturated heterocycles. The van der Waals surface area contributed by atoms with Crippen molar-refractivity contribution in [3.05, 3.63) is 18.3 Å². The highest BCUT2D eigenvalue weighted by molar-refractivity contribution is 7.89. The van der Waals surface area contributed by atoms with Gasteiger partial charge in [-0.1, -0.05) is 0 Å². The summed E-state index contributed by atoms with van der Waals surface area (Å²) in [7, 11) is -3.43. The van der Waals surface area contributed by atoms with Crippen LogP contribution in [0.5, 0.6) is 0 Å². The van der Waals surface area contributed by atoms with Gasteiger partial charge in [-0.2, -0.15) is 0 Å². The average molecular weight is 311 g/mol. The van der Waals surface area contributed by atoms with E-state index in [4.69, 9.17) is 4.74 Å². The van der Waals surface area contributed by atoms with Gasteiger partial charge in [-0.15, -0.1) is 0 Å². The van der Waals surface area contributed by atoms with Gasteiger partial charge in [0.25, 0.3) is 0 Å². The first-order valence-corrected chi connectivity index (χ1v) is 8.92. The van der Waals surface area contributed by atoms with Crippen LogP contribution in [-0.4, -0.2) is 39.2 Å². The normalized spacial score (nSPS) is 23.0. The Kier molecular flexibility index (Phi) is 4.42. The second-order valence-electron chi connectivity index (χ2n) is 5.73. The fourth-order valence-electron chi connectivity index (χ4n) is 2.32. The van der Waals surface area contributed by atoms with E-state index in [1.54, 1.807) is 12.1 Å². The molecule has 0 aromatic carbocycles. The minimum atomic E-state index is -3.43. The Morgan fingerprint density at radius 2 is 2.14 bits per heavy atom. The van der Waals surface area contributed by atoms with Crippen molar-refractivity contribution in [3.63, 3.8) is 0 Å². The van der Waals surface area contributed by atoms with Gasteiger partial charge >= 0.3 is 0 Å². The summed E-state index contributed by atoms with van der Waals surface area (Å²) in [5, 5.41) is 3.27. The SMILES string of the molecule is O=S(=O)(NCC1CC1)c1ccc(NC2CCCOC2)nc1. The third-order valence-electron chi connectivity index (χ3n) is 3.82. The molecule has 6 nitrogen and oxygen atoms in total. The summed E-state index contributed by atoms with van der Waals surface area (Å²) in [5.74, 6) is 1.20. The number of hydrogen-bond acceptors (Lipinski definition) is 5. The maximum absolute atomic E-state index is 12.1. The molecule has 7 heteroatoms. The molecule has 0 spiro atoms. The van der Waals surface area contributed by atoms with E-state index in [9.17, 15) is 8.42 Å². The van der Waals surface area contributed by atoms with Crippen LogP contribution in [0, 0.1) is 5.92 Å². The summed E-state index contributed by atoms with van der Waals surface area (Å²) in [6.45, 7) is 2.02. The molecule has 116 valence electrons. The summed E-state index contributed by atoms with van der Waals surface area (Å²) >= 11 is 0. The van der Waals surface area contributed by atoms with Crippen LogP contribution in [0.3, 0.4) is 0 Å². The number of ether oxygens (including phenoxy) is 1. The lowest BCUT2D eigenvalue weighted by atomic mass is 10.1. The second kappa shape index (κ2) is 6.29. The molecular weight excluding hydrogens is 290 g/mol. The smallest absolute Gasteiger partial charge is 0.242 e. The fraction of sp³-hybridized carbons (Fsp3) is 0.643. The van der Waals surface area contributed by atoms with Crippen molar-refractivity contribution in [3.8, 4) is 0 Å². The number of aromatic nitrogens is 1. The van der Waals surface area contributed by atoms with Gasteiger partial charge in [-0.25, -0.2) is 18.1 Å². The highest BCUT2D eigenvalue weighted by Crippen LogP contribution is 2.28. The molecule has 1 aromatic rings. The lowest BCUT2D eigenvalue weighted by molar-refractivity contribution is 0.0875. The highest BCUT2D eigenvalue weighted by atomic mass is 32.2. The van der Waals surface area contributed by atoms with Crippen molar-refractivity contribution in [2.75, 3.05) is 25.1 Å². The molecule has 1 atom stereocenters. The van der Waals surface area contributed by atoms with Gasteiger partial charge < -0.3 is 10.1 Å². The fourth-order valence-corrected chi connectivity index (χ4v) is 3.38. The average Bonchev–Trinajstić information content (AvgIpc) is 3.31. The molecular formula is C14H21N3O3S. The van der Waals surface area contributed by atoms with Crippen LogP contribution in [0.25, 0.3) is 0 Å². The number of sulfonamides is 1. The zero-order chi connectivity index (χ0) is 14.7. The molecule has 2 fully saturated rings. The highest BCUT2D eigenvalue weighted by Gasteiger charge is 2.24. The van der Waals surface area contributed by atoms with Gasteiger partial charge in [0.15, 0.2) is 0 Å². The largest absolute Gasteiger partial charge is 0.379 e. The Morgan fingerprint density at radius 3 is 2.76 bits per heavy atom. The van der Waals surface area contributed by atoms with E-state index in [1.165, 1.54) is 6.20 Å². The van der Waals surface area contributed by atoms with Crippen molar-refractivity contribution in [2.24, 2.45) is 5.92 Å². The molecule has 2 aliphatic rings. The maximum atomic E-state index is 12.1. The minimum absolute atomic E-state index is 0.216. The first-order chi connectivity index (χ1) is 10.1. The summed E-state index contributed by atoms with van der Waals surface area (Å²) in [6, 6.07) is 3.55. The lowest BCUT2D eigenvalue weighted by Gasteiger charge is -2.23. The lowest BCUT2D eigenvalue weighted by Crippen LogP contribution is -2.30. The predicted molar refractivity (Wildman–Crippen MR) is 79.6 cm³/mol. The van der Waals surface area contributed by atoms with E-state index in [1.807, 2.05) is 0 Å². The van der Waals surface area contributed by atoms with Crippen LogP contribution in [0.1, 0.15) is 25.7 Å². The number of nitrogens with one attached hydrogen (secondary N) is 2. The number of pyridine rings is 1. The predicted octanol–water partition coefficient (Wildman–Crippen LogP) is 1.36. The molecule has 1 aliphatic heterocycles. The molecule has 1 aromatic heterocycles.